The molecule has 184 valence electrons. The van der Waals surface area contributed by atoms with Gasteiger partial charge in [0.2, 0.25) is 0 Å². The molecule has 2 amide bonds. The monoisotopic (exact) mass is 517 g/mol. The van der Waals surface area contributed by atoms with Crippen LogP contribution in [0.3, 0.4) is 0 Å². The lowest BCUT2D eigenvalue weighted by Gasteiger charge is -2.31. The lowest BCUT2D eigenvalue weighted by molar-refractivity contribution is 0.194. The molecule has 5 nitrogen and oxygen atoms in total. The normalized spacial score (nSPS) is 16.5. The van der Waals surface area contributed by atoms with E-state index >= 15 is 0 Å². The van der Waals surface area contributed by atoms with Gasteiger partial charge in [-0.2, -0.15) is 0 Å². The molecule has 2 aliphatic rings. The van der Waals surface area contributed by atoms with E-state index in [-0.39, 0.29) is 12.1 Å². The summed E-state index contributed by atoms with van der Waals surface area (Å²) in [6.07, 6.45) is 6.75. The van der Waals surface area contributed by atoms with Crippen LogP contribution in [-0.4, -0.2) is 22.1 Å². The number of thiophene rings is 1. The van der Waals surface area contributed by atoms with Crippen molar-refractivity contribution in [3.63, 3.8) is 0 Å². The van der Waals surface area contributed by atoms with Gasteiger partial charge in [0, 0.05) is 16.6 Å². The third-order valence-electron chi connectivity index (χ3n) is 7.04. The third-order valence-corrected chi connectivity index (χ3v) is 8.70. The molecule has 4 aromatic rings. The van der Waals surface area contributed by atoms with Gasteiger partial charge in [-0.1, -0.05) is 35.9 Å². The van der Waals surface area contributed by atoms with Crippen LogP contribution in [-0.2, 0) is 19.4 Å². The summed E-state index contributed by atoms with van der Waals surface area (Å²) in [5.41, 5.74) is 5.39. The van der Waals surface area contributed by atoms with Crippen LogP contribution in [0.5, 0.6) is 5.75 Å². The Labute approximate surface area is 220 Å². The van der Waals surface area contributed by atoms with E-state index in [4.69, 9.17) is 16.3 Å². The molecule has 36 heavy (non-hydrogen) atoms. The summed E-state index contributed by atoms with van der Waals surface area (Å²) >= 11 is 8.30. The summed E-state index contributed by atoms with van der Waals surface area (Å²) in [6, 6.07) is 19.2. The largest absolute Gasteiger partial charge is 0.494 e. The molecule has 1 N–H and O–H groups in total. The Hall–Kier alpha value is -3.22. The molecule has 0 bridgehead atoms. The maximum Gasteiger partial charge on any atom is 0.323 e. The number of urea groups is 1. The van der Waals surface area contributed by atoms with E-state index in [2.05, 4.69) is 40.3 Å². The first-order valence-electron chi connectivity index (χ1n) is 12.5. The summed E-state index contributed by atoms with van der Waals surface area (Å²) in [5.74, 6) is 0.802. The number of carbonyl (C=O) groups is 1. The van der Waals surface area contributed by atoms with Gasteiger partial charge >= 0.3 is 6.03 Å². The first-order valence-corrected chi connectivity index (χ1v) is 13.7. The molecule has 3 heterocycles. The molecule has 7 heteroatoms. The van der Waals surface area contributed by atoms with Crippen LogP contribution in [0.15, 0.2) is 66.9 Å². The number of nitrogens with zero attached hydrogens (tertiary/aromatic N) is 2. The number of hydrogen-bond donors (Lipinski definition) is 1. The number of halogens is 1. The van der Waals surface area contributed by atoms with Gasteiger partial charge in [-0.3, -0.25) is 0 Å². The second-order valence-corrected chi connectivity index (χ2v) is 10.7. The van der Waals surface area contributed by atoms with Crippen molar-refractivity contribution in [3.05, 3.63) is 99.1 Å². The molecular weight excluding hydrogens is 490 g/mol. The van der Waals surface area contributed by atoms with Gasteiger partial charge in [0.25, 0.3) is 0 Å². The van der Waals surface area contributed by atoms with E-state index in [1.54, 1.807) is 6.07 Å². The number of aryl methyl sites for hydroxylation is 1. The Morgan fingerprint density at radius 2 is 1.94 bits per heavy atom. The Morgan fingerprint density at radius 1 is 1.08 bits per heavy atom. The summed E-state index contributed by atoms with van der Waals surface area (Å²) < 4.78 is 8.12. The zero-order chi connectivity index (χ0) is 24.6. The molecule has 6 rings (SSSR count). The standard InChI is InChI=1S/C29H28ClN3O2S/c1-2-35-20-10-7-9-19(17-20)27-25-14-8-16-32(25)28-22(21-11-3-6-15-26(21)36-28)18-33(27)29(34)31-24-13-5-4-12-23(24)30/h4-5,7-10,12-14,16-17,27H,2-3,6,11,15,18H2,1H3,(H,31,34). The van der Waals surface area contributed by atoms with Crippen molar-refractivity contribution in [1.29, 1.82) is 0 Å². The van der Waals surface area contributed by atoms with Crippen LogP contribution in [0, 0.1) is 0 Å². The van der Waals surface area contributed by atoms with E-state index < -0.39 is 0 Å². The van der Waals surface area contributed by atoms with Crippen LogP contribution in [0.2, 0.25) is 5.02 Å². The molecule has 1 unspecified atom stereocenters. The molecular formula is C29H28ClN3O2S. The van der Waals surface area contributed by atoms with Crippen LogP contribution in [0.25, 0.3) is 5.00 Å². The van der Waals surface area contributed by atoms with Crippen LogP contribution < -0.4 is 10.1 Å². The Bertz CT molecular complexity index is 1430. The van der Waals surface area contributed by atoms with Crippen LogP contribution in [0.4, 0.5) is 10.5 Å². The number of fused-ring (bicyclic) bond motifs is 5. The van der Waals surface area contributed by atoms with Gasteiger partial charge in [0.15, 0.2) is 0 Å². The highest BCUT2D eigenvalue weighted by Gasteiger charge is 2.36. The van der Waals surface area contributed by atoms with Crippen molar-refractivity contribution in [2.75, 3.05) is 11.9 Å². The number of nitrogens with one attached hydrogen (secondary N) is 1. The van der Waals surface area contributed by atoms with Crippen molar-refractivity contribution in [2.45, 2.75) is 45.2 Å². The van der Waals surface area contributed by atoms with E-state index in [1.165, 1.54) is 33.8 Å². The number of para-hydroxylation sites is 1. The summed E-state index contributed by atoms with van der Waals surface area (Å²) in [6.45, 7) is 3.10. The Balaban J connectivity index is 1.50. The predicted octanol–water partition coefficient (Wildman–Crippen LogP) is 7.61. The van der Waals surface area contributed by atoms with Crippen LogP contribution >= 0.6 is 22.9 Å². The molecule has 1 aliphatic carbocycles. The number of hydrogen-bond acceptors (Lipinski definition) is 3. The number of ether oxygens (including phenoxy) is 1. The van der Waals surface area contributed by atoms with Gasteiger partial charge < -0.3 is 19.5 Å². The minimum atomic E-state index is -0.290. The molecule has 1 atom stereocenters. The third kappa shape index (κ3) is 4.08. The SMILES string of the molecule is CCOc1cccc(C2c3cccn3-c3sc4c(c3CN2C(=O)Nc2ccccc2Cl)CCCC4)c1. The highest BCUT2D eigenvalue weighted by molar-refractivity contribution is 7.15. The highest BCUT2D eigenvalue weighted by Crippen LogP contribution is 2.44. The fraction of sp³-hybridized carbons (Fsp3) is 0.276. The van der Waals surface area contributed by atoms with E-state index in [1.807, 2.05) is 53.5 Å². The Morgan fingerprint density at radius 3 is 2.81 bits per heavy atom. The van der Waals surface area contributed by atoms with Gasteiger partial charge in [-0.25, -0.2) is 4.79 Å². The molecule has 1 aliphatic heterocycles. The van der Waals surface area contributed by atoms with E-state index in [0.29, 0.717) is 23.9 Å². The number of anilines is 1. The summed E-state index contributed by atoms with van der Waals surface area (Å²) in [4.78, 5) is 17.4. The van der Waals surface area contributed by atoms with Gasteiger partial charge in [-0.05, 0) is 80.1 Å². The first kappa shape index (κ1) is 23.2. The topological polar surface area (TPSA) is 46.5 Å². The van der Waals surface area contributed by atoms with E-state index in [0.717, 1.165) is 29.8 Å². The summed E-state index contributed by atoms with van der Waals surface area (Å²) in [5, 5.41) is 4.85. The Kier molecular flexibility index (Phi) is 6.23. The van der Waals surface area contributed by atoms with Gasteiger partial charge in [0.1, 0.15) is 10.8 Å². The van der Waals surface area contributed by atoms with Crippen molar-refractivity contribution in [1.82, 2.24) is 9.47 Å². The van der Waals surface area contributed by atoms with Gasteiger partial charge in [0.05, 0.1) is 35.6 Å². The van der Waals surface area contributed by atoms with E-state index in [9.17, 15) is 4.79 Å². The predicted molar refractivity (Wildman–Crippen MR) is 146 cm³/mol. The summed E-state index contributed by atoms with van der Waals surface area (Å²) in [7, 11) is 0. The minimum Gasteiger partial charge on any atom is -0.494 e. The van der Waals surface area contributed by atoms with Crippen molar-refractivity contribution in [3.8, 4) is 10.8 Å². The van der Waals surface area contributed by atoms with Crippen molar-refractivity contribution in [2.24, 2.45) is 0 Å². The lowest BCUT2D eigenvalue weighted by Crippen LogP contribution is -2.38. The zero-order valence-corrected chi connectivity index (χ0v) is 21.7. The first-order chi connectivity index (χ1) is 17.6. The second-order valence-electron chi connectivity index (χ2n) is 9.24. The fourth-order valence-electron chi connectivity index (χ4n) is 5.43. The molecule has 0 spiro atoms. The molecule has 0 radical (unpaired) electrons. The zero-order valence-electron chi connectivity index (χ0n) is 20.2. The maximum atomic E-state index is 14.0. The van der Waals surface area contributed by atoms with Crippen molar-refractivity contribution >= 4 is 34.7 Å². The minimum absolute atomic E-state index is 0.175. The number of amides is 2. The molecule has 2 aromatic heterocycles. The molecule has 0 saturated carbocycles. The number of aromatic nitrogens is 1. The second kappa shape index (κ2) is 9.68. The molecule has 0 saturated heterocycles. The smallest absolute Gasteiger partial charge is 0.323 e. The molecule has 2 aromatic carbocycles. The maximum absolute atomic E-state index is 14.0. The fourth-order valence-corrected chi connectivity index (χ4v) is 7.01. The van der Waals surface area contributed by atoms with Gasteiger partial charge in [-0.15, -0.1) is 11.3 Å². The van der Waals surface area contributed by atoms with Crippen LogP contribution in [0.1, 0.15) is 53.1 Å². The average molecular weight is 518 g/mol. The number of carbonyl (C=O) groups excluding carboxylic acids is 1. The molecule has 0 fully saturated rings. The number of benzene rings is 2. The van der Waals surface area contributed by atoms with Crippen molar-refractivity contribution < 1.29 is 9.53 Å². The quantitative estimate of drug-likeness (QED) is 0.303. The highest BCUT2D eigenvalue weighted by atomic mass is 35.5. The lowest BCUT2D eigenvalue weighted by atomic mass is 9.95. The average Bonchev–Trinajstić information content (AvgIpc) is 3.47. The number of rotatable bonds is 4.